The number of carbonyl (C=O) groups is 9. The normalized spacial score (nSPS) is 20.2. The number of ether oxygens (including phenoxy) is 1. The highest BCUT2D eigenvalue weighted by Gasteiger charge is 2.58. The fourth-order valence-corrected chi connectivity index (χ4v) is 13.3. The van der Waals surface area contributed by atoms with Crippen LogP contribution in [-0.2, 0) is 62.5 Å². The minimum atomic E-state index is -0.950. The van der Waals surface area contributed by atoms with Crippen LogP contribution in [0.4, 0.5) is 4.79 Å². The zero-order valence-electron chi connectivity index (χ0n) is 54.2. The predicted molar refractivity (Wildman–Crippen MR) is 359 cm³/mol. The number of primary amides is 2. The first-order chi connectivity index (χ1) is 44.9. The van der Waals surface area contributed by atoms with Gasteiger partial charge in [-0.1, -0.05) is 91.0 Å². The molecule has 0 radical (unpaired) electrons. The van der Waals surface area contributed by atoms with E-state index in [1.54, 1.807) is 0 Å². The van der Waals surface area contributed by atoms with E-state index in [0.29, 0.717) is 95.6 Å². The number of aliphatic imine (C=N–C) groups is 2. The average molecular weight is 1300 g/mol. The molecule has 26 nitrogen and oxygen atoms in total. The molecule has 23 N–H and O–H groups in total. The number of nitrogens with zero attached hydrogens (tertiary/aromatic N) is 2. The molecule has 7 amide bonds. The van der Waals surface area contributed by atoms with Gasteiger partial charge in [0.15, 0.2) is 23.5 Å². The van der Waals surface area contributed by atoms with Gasteiger partial charge in [-0.05, 0) is 174 Å². The van der Waals surface area contributed by atoms with Crippen LogP contribution in [0.25, 0.3) is 0 Å². The lowest BCUT2D eigenvalue weighted by Crippen LogP contribution is -2.55. The number of amides is 7. The molecule has 26 heteroatoms. The molecule has 3 aromatic rings. The number of benzene rings is 3. The van der Waals surface area contributed by atoms with Crippen molar-refractivity contribution in [3.8, 4) is 0 Å². The number of hydrogen-bond acceptors (Lipinski definition) is 15. The summed E-state index contributed by atoms with van der Waals surface area (Å²) >= 11 is 0. The van der Waals surface area contributed by atoms with Gasteiger partial charge in [-0.25, -0.2) is 4.79 Å². The van der Waals surface area contributed by atoms with Crippen molar-refractivity contribution in [2.24, 2.45) is 96.1 Å². The van der Waals surface area contributed by atoms with Crippen LogP contribution in [0.2, 0.25) is 0 Å². The Labute approximate surface area is 551 Å². The van der Waals surface area contributed by atoms with Gasteiger partial charge in [0.25, 0.3) is 0 Å². The summed E-state index contributed by atoms with van der Waals surface area (Å²) in [6, 6.07) is 22.7. The third-order valence-corrected chi connectivity index (χ3v) is 18.6. The van der Waals surface area contributed by atoms with Crippen molar-refractivity contribution in [2.45, 2.75) is 184 Å². The van der Waals surface area contributed by atoms with Gasteiger partial charge in [0.2, 0.25) is 35.4 Å². The van der Waals surface area contributed by atoms with Gasteiger partial charge in [0, 0.05) is 44.3 Å². The van der Waals surface area contributed by atoms with E-state index in [0.717, 1.165) is 55.2 Å². The van der Waals surface area contributed by atoms with E-state index < -0.39 is 83.7 Å². The van der Waals surface area contributed by atoms with Crippen molar-refractivity contribution in [2.75, 3.05) is 26.2 Å². The van der Waals surface area contributed by atoms with E-state index in [1.165, 1.54) is 0 Å². The van der Waals surface area contributed by atoms with Gasteiger partial charge >= 0.3 is 6.09 Å². The summed E-state index contributed by atoms with van der Waals surface area (Å²) in [7, 11) is 0. The molecule has 8 atom stereocenters. The van der Waals surface area contributed by atoms with Crippen molar-refractivity contribution in [1.29, 1.82) is 0 Å². The topological polar surface area (TPSA) is 482 Å². The Balaban J connectivity index is 0.000000305. The van der Waals surface area contributed by atoms with Crippen molar-refractivity contribution in [3.05, 3.63) is 108 Å². The number of unbranched alkanes of at least 4 members (excludes halogenated alkanes) is 2. The quantitative estimate of drug-likeness (QED) is 0.0218. The molecule has 514 valence electrons. The summed E-state index contributed by atoms with van der Waals surface area (Å²) in [6.45, 7) is 1.50. The lowest BCUT2D eigenvalue weighted by Gasteiger charge is -2.63. The number of nitrogens with two attached hydrogens (primary N) is 9. The molecule has 0 heterocycles. The smallest absolute Gasteiger partial charge is 0.407 e. The third-order valence-electron chi connectivity index (χ3n) is 18.6. The molecule has 0 aromatic heterocycles. The Morgan fingerprint density at radius 1 is 0.468 bits per heavy atom. The fraction of sp³-hybridized carbons (Fsp3) is 0.574. The van der Waals surface area contributed by atoms with Crippen LogP contribution in [0.5, 0.6) is 0 Å². The minimum Gasteiger partial charge on any atom is -0.445 e. The highest BCUT2D eigenvalue weighted by atomic mass is 16.5. The van der Waals surface area contributed by atoms with Crippen molar-refractivity contribution < 1.29 is 47.9 Å². The molecule has 3 aromatic carbocycles. The Hall–Kier alpha value is -8.49. The largest absolute Gasteiger partial charge is 0.445 e. The second kappa shape index (κ2) is 37.4. The van der Waals surface area contributed by atoms with E-state index >= 15 is 0 Å². The van der Waals surface area contributed by atoms with Gasteiger partial charge in [0.1, 0.15) is 18.7 Å². The van der Waals surface area contributed by atoms with Crippen LogP contribution in [0.1, 0.15) is 145 Å². The van der Waals surface area contributed by atoms with Crippen LogP contribution in [0.3, 0.4) is 0 Å². The molecule has 0 saturated heterocycles. The van der Waals surface area contributed by atoms with Crippen molar-refractivity contribution in [1.82, 2.24) is 26.6 Å². The second-order valence-corrected chi connectivity index (χ2v) is 26.4. The predicted octanol–water partition coefficient (Wildman–Crippen LogP) is 1.89. The molecule has 0 unspecified atom stereocenters. The zero-order chi connectivity index (χ0) is 68.2. The average Bonchev–Trinajstić information content (AvgIpc) is 0.731. The molecule has 6 fully saturated rings. The zero-order valence-corrected chi connectivity index (χ0v) is 54.2. The van der Waals surface area contributed by atoms with E-state index in [2.05, 4.69) is 36.6 Å². The summed E-state index contributed by atoms with van der Waals surface area (Å²) in [6.07, 6.45) is 11.5. The highest BCUT2D eigenvalue weighted by molar-refractivity contribution is 5.96. The number of alkyl carbamates (subject to hydrolysis) is 1. The van der Waals surface area contributed by atoms with Crippen LogP contribution >= 0.6 is 0 Å². The molecular formula is C68H102N16O10. The number of nitrogens with one attached hydrogen (secondary N) is 5. The molecule has 6 aliphatic rings. The van der Waals surface area contributed by atoms with Gasteiger partial charge in [-0.3, -0.25) is 48.3 Å². The van der Waals surface area contributed by atoms with Crippen LogP contribution < -0.4 is 78.2 Å². The standard InChI is InChI=1S/C38H54N8O6.C30H48N8O4/c39-29(18-25-10-3-1-4-11-25)35(50)45-30(15-9-17-43-36(41)42)32(47)19-28(23-38-20-27(21-38)22-38)34(49)46-31(33(40)48)14-7-8-16-44-37(51)52-24-26-12-5-2-6-13-26;31-11-5-4-9-24(26(33)40)38-27(41)21(18-30-15-20(16-30)17-30)14-25(39)23(10-6-12-36-29(34)35)37-28(42)22(32)13-19-7-2-1-3-8-19/h1-6,10-13,27-31H,7-9,14-24,39H2,(H2,40,48)(H,44,51)(H,45,50)(H,46,49)(H4,41,42,43);1-3,7-8,20-24H,4-6,9-18,31-32H2,(H2,33,40)(H,37,42)(H,38,41)(H4,34,35,36)/t27?,28-,29-,30+,31-,38?;20?,21-,22-,23+,24-,30?/m00/s1. The van der Waals surface area contributed by atoms with Gasteiger partial charge in [0.05, 0.1) is 24.2 Å². The SMILES string of the molecule is NC(=O)[C@H](CCCCNC(=O)OCc1ccccc1)NC(=O)[C@@H](CC(=O)[C@@H](CCCN=C(N)N)NC(=O)[C@@H](N)Cc1ccccc1)CC12CC(C1)C2.NCCCC[C@H](NC(=O)[C@@H](CC(=O)[C@@H](CCCN=C(N)N)NC(=O)[C@@H](N)Cc1ccccc1)CC12CC(C1)C2)C(N)=O. The first-order valence-electron chi connectivity index (χ1n) is 33.1. The number of Topliss-reactive ketones (excluding diaryl/α,β-unsaturated/α-hetero) is 2. The monoisotopic (exact) mass is 1300 g/mol. The lowest BCUT2D eigenvalue weighted by atomic mass is 9.42. The molecule has 4 bridgehead atoms. The van der Waals surface area contributed by atoms with Gasteiger partial charge < -0.3 is 82.9 Å². The van der Waals surface area contributed by atoms with Gasteiger partial charge in [-0.15, -0.1) is 0 Å². The number of hydrogen-bond donors (Lipinski definition) is 14. The van der Waals surface area contributed by atoms with Crippen molar-refractivity contribution in [3.63, 3.8) is 0 Å². The molecule has 6 aliphatic carbocycles. The number of rotatable bonds is 43. The van der Waals surface area contributed by atoms with E-state index in [4.69, 9.17) is 56.3 Å². The lowest BCUT2D eigenvalue weighted by molar-refractivity contribution is -0.146. The Kier molecular flexibility index (Phi) is 29.7. The van der Waals surface area contributed by atoms with E-state index in [1.807, 2.05) is 91.0 Å². The molecule has 0 aliphatic heterocycles. The molecule has 9 rings (SSSR count). The molecular weight excluding hydrogens is 1200 g/mol. The Bertz CT molecular complexity index is 3010. The maximum atomic E-state index is 13.9. The molecule has 0 spiro atoms. The maximum Gasteiger partial charge on any atom is 0.407 e. The summed E-state index contributed by atoms with van der Waals surface area (Å²) in [5.41, 5.74) is 53.8. The van der Waals surface area contributed by atoms with Gasteiger partial charge in [-0.2, -0.15) is 0 Å². The Morgan fingerprint density at radius 2 is 0.830 bits per heavy atom. The number of carbonyl (C=O) groups excluding carboxylic acids is 9. The third kappa shape index (κ3) is 24.8. The number of ketones is 2. The summed E-state index contributed by atoms with van der Waals surface area (Å²) in [5.74, 6) is -3.73. The second-order valence-electron chi connectivity index (χ2n) is 26.4. The summed E-state index contributed by atoms with van der Waals surface area (Å²) in [4.78, 5) is 126. The van der Waals surface area contributed by atoms with Crippen LogP contribution in [0, 0.1) is 34.5 Å². The molecule has 94 heavy (non-hydrogen) atoms. The minimum absolute atomic E-state index is 0.0140. The first-order valence-corrected chi connectivity index (χ1v) is 33.1. The maximum absolute atomic E-state index is 13.9. The highest BCUT2D eigenvalue weighted by Crippen LogP contribution is 2.68. The van der Waals surface area contributed by atoms with Crippen LogP contribution in [0.15, 0.2) is 101 Å². The summed E-state index contributed by atoms with van der Waals surface area (Å²) in [5, 5.41) is 13.9. The first kappa shape index (κ1) is 74.5. The van der Waals surface area contributed by atoms with Crippen LogP contribution in [-0.4, -0.2) is 127 Å². The molecule has 6 saturated carbocycles. The van der Waals surface area contributed by atoms with E-state index in [-0.39, 0.29) is 92.0 Å². The van der Waals surface area contributed by atoms with E-state index in [9.17, 15) is 43.2 Å². The Morgan fingerprint density at radius 3 is 1.18 bits per heavy atom. The fourth-order valence-electron chi connectivity index (χ4n) is 13.3. The number of guanidine groups is 2. The van der Waals surface area contributed by atoms with Crippen molar-refractivity contribution >= 4 is 65.0 Å². The summed E-state index contributed by atoms with van der Waals surface area (Å²) < 4.78 is 5.22.